The van der Waals surface area contributed by atoms with E-state index >= 15 is 0 Å². The molecule has 0 bridgehead atoms. The maximum absolute atomic E-state index is 12.6. The highest BCUT2D eigenvalue weighted by Crippen LogP contribution is 2.29. The van der Waals surface area contributed by atoms with Crippen LogP contribution in [0.2, 0.25) is 5.02 Å². The minimum atomic E-state index is -4.48. The molecule has 1 atom stereocenters. The van der Waals surface area contributed by atoms with Crippen molar-refractivity contribution in [3.05, 3.63) is 106 Å². The highest BCUT2D eigenvalue weighted by atomic mass is 35.5. The minimum Gasteiger partial charge on any atom is -0.344 e. The predicted octanol–water partition coefficient (Wildman–Crippen LogP) is 4.99. The lowest BCUT2D eigenvalue weighted by Gasteiger charge is -2.20. The second-order valence-electron chi connectivity index (χ2n) is 6.72. The second kappa shape index (κ2) is 9.66. The molecule has 4 nitrogen and oxygen atoms in total. The molecule has 0 aliphatic carbocycles. The summed E-state index contributed by atoms with van der Waals surface area (Å²) in [5.74, 6) is -1.10. The quantitative estimate of drug-likeness (QED) is 0.560. The van der Waals surface area contributed by atoms with Crippen molar-refractivity contribution in [2.45, 2.75) is 12.2 Å². The molecule has 0 heterocycles. The van der Waals surface area contributed by atoms with E-state index in [-0.39, 0.29) is 12.1 Å². The van der Waals surface area contributed by atoms with Crippen molar-refractivity contribution in [1.29, 1.82) is 0 Å². The highest BCUT2D eigenvalue weighted by molar-refractivity contribution is 6.30. The average molecular weight is 447 g/mol. The molecule has 31 heavy (non-hydrogen) atoms. The van der Waals surface area contributed by atoms with Gasteiger partial charge in [0.1, 0.15) is 0 Å². The van der Waals surface area contributed by atoms with Gasteiger partial charge in [-0.3, -0.25) is 9.59 Å². The fourth-order valence-corrected chi connectivity index (χ4v) is 3.07. The Hall–Kier alpha value is -3.32. The number of benzene rings is 3. The van der Waals surface area contributed by atoms with Crippen LogP contribution in [0.5, 0.6) is 0 Å². The maximum atomic E-state index is 12.6. The van der Waals surface area contributed by atoms with Gasteiger partial charge in [-0.2, -0.15) is 13.2 Å². The summed E-state index contributed by atoms with van der Waals surface area (Å²) in [6, 6.07) is 19.6. The van der Waals surface area contributed by atoms with E-state index in [1.165, 1.54) is 0 Å². The van der Waals surface area contributed by atoms with Crippen molar-refractivity contribution in [2.75, 3.05) is 6.54 Å². The number of halogens is 4. The van der Waals surface area contributed by atoms with E-state index in [0.717, 1.165) is 35.4 Å². The second-order valence-corrected chi connectivity index (χ2v) is 7.16. The number of alkyl halides is 3. The van der Waals surface area contributed by atoms with Crippen molar-refractivity contribution in [2.24, 2.45) is 0 Å². The van der Waals surface area contributed by atoms with Crippen LogP contribution in [0.3, 0.4) is 0 Å². The third-order valence-corrected chi connectivity index (χ3v) is 4.78. The summed E-state index contributed by atoms with van der Waals surface area (Å²) in [6.45, 7) is -0.337. The van der Waals surface area contributed by atoms with E-state index in [2.05, 4.69) is 10.6 Å². The van der Waals surface area contributed by atoms with Crippen LogP contribution in [0.1, 0.15) is 33.1 Å². The normalized spacial score (nSPS) is 12.1. The van der Waals surface area contributed by atoms with Crippen molar-refractivity contribution in [3.8, 4) is 0 Å². The summed E-state index contributed by atoms with van der Waals surface area (Å²) in [4.78, 5) is 24.7. The molecule has 0 fully saturated rings. The van der Waals surface area contributed by atoms with Gasteiger partial charge >= 0.3 is 6.18 Å². The first-order valence-corrected chi connectivity index (χ1v) is 9.67. The van der Waals surface area contributed by atoms with Gasteiger partial charge in [0.2, 0.25) is 5.91 Å². The lowest BCUT2D eigenvalue weighted by molar-refractivity contribution is -0.137. The van der Waals surface area contributed by atoms with Crippen LogP contribution in [0.15, 0.2) is 78.9 Å². The number of hydrogen-bond acceptors (Lipinski definition) is 2. The Morgan fingerprint density at radius 3 is 2.00 bits per heavy atom. The predicted molar refractivity (Wildman–Crippen MR) is 112 cm³/mol. The monoisotopic (exact) mass is 446 g/mol. The average Bonchev–Trinajstić information content (AvgIpc) is 2.76. The lowest BCUT2D eigenvalue weighted by atomic mass is 9.98. The fraction of sp³-hybridized carbons (Fsp3) is 0.130. The Morgan fingerprint density at radius 2 is 1.42 bits per heavy atom. The Kier molecular flexibility index (Phi) is 6.97. The molecule has 0 saturated heterocycles. The zero-order chi connectivity index (χ0) is 22.4. The first-order chi connectivity index (χ1) is 14.7. The summed E-state index contributed by atoms with van der Waals surface area (Å²) in [5.41, 5.74) is 0.818. The van der Waals surface area contributed by atoms with Crippen molar-refractivity contribution >= 4 is 23.4 Å². The van der Waals surface area contributed by atoms with E-state index in [1.807, 2.05) is 30.3 Å². The summed E-state index contributed by atoms with van der Waals surface area (Å²) in [5, 5.41) is 5.84. The molecule has 2 amide bonds. The number of rotatable bonds is 6. The molecule has 2 N–H and O–H groups in total. The smallest absolute Gasteiger partial charge is 0.344 e. The molecule has 3 rings (SSSR count). The Labute approximate surface area is 182 Å². The summed E-state index contributed by atoms with van der Waals surface area (Å²) in [7, 11) is 0. The standard InChI is InChI=1S/C23H18ClF3N2O2/c24-19-12-8-16(9-13-19)21(15-4-2-1-3-5-15)29-20(30)14-28-22(31)17-6-10-18(11-7-17)23(25,26)27/h1-13,21H,14H2,(H,28,31)(H,29,30). The molecule has 0 aromatic heterocycles. The van der Waals surface area contributed by atoms with E-state index in [1.54, 1.807) is 24.3 Å². The molecule has 3 aromatic carbocycles. The SMILES string of the molecule is O=C(CNC(=O)c1ccc(C(F)(F)F)cc1)NC(c1ccccc1)c1ccc(Cl)cc1. The molecule has 0 radical (unpaired) electrons. The summed E-state index contributed by atoms with van der Waals surface area (Å²) in [6.07, 6.45) is -4.48. The number of amides is 2. The zero-order valence-corrected chi connectivity index (χ0v) is 16.9. The number of hydrogen-bond donors (Lipinski definition) is 2. The first-order valence-electron chi connectivity index (χ1n) is 9.29. The van der Waals surface area contributed by atoms with Crippen molar-refractivity contribution in [3.63, 3.8) is 0 Å². The Morgan fingerprint density at radius 1 is 0.839 bits per heavy atom. The van der Waals surface area contributed by atoms with Gasteiger partial charge in [-0.25, -0.2) is 0 Å². The van der Waals surface area contributed by atoms with Gasteiger partial charge in [-0.15, -0.1) is 0 Å². The molecular formula is C23H18ClF3N2O2. The van der Waals surface area contributed by atoms with Crippen LogP contribution in [-0.4, -0.2) is 18.4 Å². The van der Waals surface area contributed by atoms with Gasteiger partial charge in [-0.1, -0.05) is 54.1 Å². The zero-order valence-electron chi connectivity index (χ0n) is 16.1. The molecule has 3 aromatic rings. The summed E-state index contributed by atoms with van der Waals surface area (Å²) < 4.78 is 37.9. The Balaban J connectivity index is 1.66. The van der Waals surface area contributed by atoms with Crippen LogP contribution < -0.4 is 10.6 Å². The van der Waals surface area contributed by atoms with Crippen molar-refractivity contribution in [1.82, 2.24) is 10.6 Å². The first kappa shape index (κ1) is 22.4. The maximum Gasteiger partial charge on any atom is 0.416 e. The van der Waals surface area contributed by atoms with E-state index in [9.17, 15) is 22.8 Å². The van der Waals surface area contributed by atoms with Gasteiger partial charge in [0.05, 0.1) is 18.2 Å². The van der Waals surface area contributed by atoms with Crippen LogP contribution in [0.4, 0.5) is 13.2 Å². The van der Waals surface area contributed by atoms with Crippen molar-refractivity contribution < 1.29 is 22.8 Å². The summed E-state index contributed by atoms with van der Waals surface area (Å²) >= 11 is 5.95. The molecule has 0 saturated carbocycles. The topological polar surface area (TPSA) is 58.2 Å². The van der Waals surface area contributed by atoms with Gasteiger partial charge < -0.3 is 10.6 Å². The number of carbonyl (C=O) groups excluding carboxylic acids is 2. The fourth-order valence-electron chi connectivity index (χ4n) is 2.95. The third-order valence-electron chi connectivity index (χ3n) is 4.53. The van der Waals surface area contributed by atoms with Crippen LogP contribution in [0, 0.1) is 0 Å². The molecule has 1 unspecified atom stereocenters. The molecular weight excluding hydrogens is 429 g/mol. The molecule has 160 valence electrons. The highest BCUT2D eigenvalue weighted by Gasteiger charge is 2.30. The van der Waals surface area contributed by atoms with Crippen LogP contribution in [0.25, 0.3) is 0 Å². The number of carbonyl (C=O) groups is 2. The Bertz CT molecular complexity index is 1040. The van der Waals surface area contributed by atoms with Crippen LogP contribution in [-0.2, 0) is 11.0 Å². The molecule has 0 spiro atoms. The number of nitrogens with one attached hydrogen (secondary N) is 2. The lowest BCUT2D eigenvalue weighted by Crippen LogP contribution is -2.39. The molecule has 0 aliphatic heterocycles. The van der Waals surface area contributed by atoms with E-state index < -0.39 is 29.6 Å². The van der Waals surface area contributed by atoms with Crippen LogP contribution >= 0.6 is 11.6 Å². The van der Waals surface area contributed by atoms with Gasteiger partial charge in [0, 0.05) is 10.6 Å². The molecule has 8 heteroatoms. The van der Waals surface area contributed by atoms with E-state index in [0.29, 0.717) is 5.02 Å². The van der Waals surface area contributed by atoms with E-state index in [4.69, 9.17) is 11.6 Å². The minimum absolute atomic E-state index is 0.0260. The third kappa shape index (κ3) is 6.08. The molecule has 0 aliphatic rings. The largest absolute Gasteiger partial charge is 0.416 e. The van der Waals surface area contributed by atoms with Gasteiger partial charge in [0.25, 0.3) is 5.91 Å². The van der Waals surface area contributed by atoms with Gasteiger partial charge in [0.15, 0.2) is 0 Å². The van der Waals surface area contributed by atoms with Gasteiger partial charge in [-0.05, 0) is 47.5 Å².